The molecule has 1 aromatic heterocycles. The molecule has 1 N–H and O–H groups in total. The van der Waals surface area contributed by atoms with Crippen molar-refractivity contribution in [2.75, 3.05) is 5.32 Å². The van der Waals surface area contributed by atoms with Crippen LogP contribution in [0.25, 0.3) is 0 Å². The maximum Gasteiger partial charge on any atom is 0.163 e. The van der Waals surface area contributed by atoms with E-state index in [0.29, 0.717) is 23.1 Å². The third-order valence-corrected chi connectivity index (χ3v) is 2.57. The van der Waals surface area contributed by atoms with Gasteiger partial charge in [0.1, 0.15) is 11.9 Å². The highest BCUT2D eigenvalue weighted by Gasteiger charge is 2.00. The monoisotopic (exact) mass is 244 g/mol. The second-order valence-corrected chi connectivity index (χ2v) is 3.77. The Kier molecular flexibility index (Phi) is 3.53. The van der Waals surface area contributed by atoms with Gasteiger partial charge in [0.05, 0.1) is 0 Å². The van der Waals surface area contributed by atoms with Crippen LogP contribution < -0.4 is 5.32 Å². The Hall–Kier alpha value is -2.12. The number of hydrogen-bond acceptors (Lipinski definition) is 4. The van der Waals surface area contributed by atoms with E-state index < -0.39 is 0 Å². The normalized spacial score (nSPS) is 9.65. The number of nitrogens with one attached hydrogen (secondary N) is 1. The Morgan fingerprint density at radius 3 is 2.65 bits per heavy atom. The number of anilines is 1. The molecule has 0 radical (unpaired) electrons. The number of halogens is 1. The molecule has 0 aliphatic carbocycles. The molecular formula is C12H9ClN4. The van der Waals surface area contributed by atoms with E-state index in [0.717, 1.165) is 5.56 Å². The number of nitriles is 1. The summed E-state index contributed by atoms with van der Waals surface area (Å²) in [5.74, 6) is 0.615. The van der Waals surface area contributed by atoms with Crippen molar-refractivity contribution in [1.29, 1.82) is 5.26 Å². The lowest BCUT2D eigenvalue weighted by Gasteiger charge is -2.06. The van der Waals surface area contributed by atoms with Gasteiger partial charge in [-0.1, -0.05) is 29.8 Å². The van der Waals surface area contributed by atoms with Crippen LogP contribution in [0.4, 0.5) is 5.82 Å². The summed E-state index contributed by atoms with van der Waals surface area (Å²) in [5.41, 5.74) is 1.29. The summed E-state index contributed by atoms with van der Waals surface area (Å²) in [6, 6.07) is 12.8. The fourth-order valence-electron chi connectivity index (χ4n) is 1.31. The smallest absolute Gasteiger partial charge is 0.163 e. The van der Waals surface area contributed by atoms with Crippen molar-refractivity contribution in [3.63, 3.8) is 0 Å². The first-order chi connectivity index (χ1) is 8.29. The number of benzene rings is 1. The van der Waals surface area contributed by atoms with Gasteiger partial charge in [-0.2, -0.15) is 5.26 Å². The van der Waals surface area contributed by atoms with E-state index in [9.17, 15) is 0 Å². The van der Waals surface area contributed by atoms with E-state index in [1.54, 1.807) is 12.1 Å². The Morgan fingerprint density at radius 1 is 1.18 bits per heavy atom. The molecule has 2 rings (SSSR count). The molecule has 84 valence electrons. The van der Waals surface area contributed by atoms with Gasteiger partial charge in [-0.3, -0.25) is 0 Å². The average Bonchev–Trinajstić information content (AvgIpc) is 2.38. The maximum atomic E-state index is 8.58. The summed E-state index contributed by atoms with van der Waals surface area (Å²) in [4.78, 5) is 0. The van der Waals surface area contributed by atoms with Crippen LogP contribution in [-0.2, 0) is 6.54 Å². The molecule has 17 heavy (non-hydrogen) atoms. The van der Waals surface area contributed by atoms with Crippen molar-refractivity contribution in [3.8, 4) is 6.07 Å². The first-order valence-corrected chi connectivity index (χ1v) is 5.38. The zero-order chi connectivity index (χ0) is 12.1. The molecule has 0 saturated carbocycles. The second kappa shape index (κ2) is 5.28. The van der Waals surface area contributed by atoms with Gasteiger partial charge >= 0.3 is 0 Å². The molecule has 1 aromatic carbocycles. The predicted octanol–water partition coefficient (Wildman–Crippen LogP) is 2.61. The van der Waals surface area contributed by atoms with Gasteiger partial charge < -0.3 is 5.32 Å². The molecule has 0 fully saturated rings. The summed E-state index contributed by atoms with van der Waals surface area (Å²) >= 11 is 6.02. The summed E-state index contributed by atoms with van der Waals surface area (Å²) < 4.78 is 0. The van der Waals surface area contributed by atoms with E-state index in [4.69, 9.17) is 16.9 Å². The Bertz CT molecular complexity index is 545. The third-order valence-electron chi connectivity index (χ3n) is 2.20. The fourth-order valence-corrected chi connectivity index (χ4v) is 1.52. The second-order valence-electron chi connectivity index (χ2n) is 3.36. The lowest BCUT2D eigenvalue weighted by atomic mass is 10.2. The minimum absolute atomic E-state index is 0.299. The molecule has 0 atom stereocenters. The lowest BCUT2D eigenvalue weighted by molar-refractivity contribution is 0.985. The molecule has 1 heterocycles. The highest BCUT2D eigenvalue weighted by atomic mass is 35.5. The van der Waals surface area contributed by atoms with Crippen molar-refractivity contribution >= 4 is 17.4 Å². The van der Waals surface area contributed by atoms with Gasteiger partial charge in [-0.05, 0) is 23.8 Å². The molecule has 0 aliphatic heterocycles. The number of rotatable bonds is 3. The van der Waals surface area contributed by atoms with Crippen LogP contribution in [0.1, 0.15) is 11.3 Å². The minimum Gasteiger partial charge on any atom is -0.364 e. The van der Waals surface area contributed by atoms with Crippen molar-refractivity contribution < 1.29 is 0 Å². The quantitative estimate of drug-likeness (QED) is 0.902. The van der Waals surface area contributed by atoms with E-state index in [-0.39, 0.29) is 0 Å². The molecule has 5 heteroatoms. The molecule has 4 nitrogen and oxygen atoms in total. The van der Waals surface area contributed by atoms with Crippen molar-refractivity contribution in [3.05, 3.63) is 52.7 Å². The standard InChI is InChI=1S/C12H9ClN4/c13-11-4-2-1-3-9(11)8-15-12-6-5-10(7-14)16-17-12/h1-6H,8H2,(H,15,17). The first-order valence-electron chi connectivity index (χ1n) is 5.00. The molecule has 0 amide bonds. The van der Waals surface area contributed by atoms with Crippen LogP contribution in [0, 0.1) is 11.3 Å². The molecule has 2 aromatic rings. The molecule has 0 saturated heterocycles. The summed E-state index contributed by atoms with van der Waals surface area (Å²) in [6.07, 6.45) is 0. The van der Waals surface area contributed by atoms with E-state index in [1.807, 2.05) is 30.3 Å². The summed E-state index contributed by atoms with van der Waals surface area (Å²) in [5, 5.41) is 20.0. The largest absolute Gasteiger partial charge is 0.364 e. The van der Waals surface area contributed by atoms with Crippen molar-refractivity contribution in [2.45, 2.75) is 6.54 Å². The van der Waals surface area contributed by atoms with E-state index >= 15 is 0 Å². The van der Waals surface area contributed by atoms with Gasteiger partial charge in [0, 0.05) is 11.6 Å². The van der Waals surface area contributed by atoms with Crippen LogP contribution in [-0.4, -0.2) is 10.2 Å². The third kappa shape index (κ3) is 2.92. The Morgan fingerprint density at radius 2 is 2.00 bits per heavy atom. The van der Waals surface area contributed by atoms with Crippen molar-refractivity contribution in [1.82, 2.24) is 10.2 Å². The molecule has 0 unspecified atom stereocenters. The number of aromatic nitrogens is 2. The molecular weight excluding hydrogens is 236 g/mol. The first kappa shape index (κ1) is 11.4. The van der Waals surface area contributed by atoms with E-state index in [1.165, 1.54) is 0 Å². The zero-order valence-electron chi connectivity index (χ0n) is 8.89. The Balaban J connectivity index is 2.03. The highest BCUT2D eigenvalue weighted by Crippen LogP contribution is 2.15. The topological polar surface area (TPSA) is 61.6 Å². The maximum absolute atomic E-state index is 8.58. The minimum atomic E-state index is 0.299. The van der Waals surface area contributed by atoms with Gasteiger partial charge in [0.25, 0.3) is 0 Å². The summed E-state index contributed by atoms with van der Waals surface area (Å²) in [7, 11) is 0. The van der Waals surface area contributed by atoms with Gasteiger partial charge in [-0.25, -0.2) is 0 Å². The van der Waals surface area contributed by atoms with Crippen LogP contribution >= 0.6 is 11.6 Å². The summed E-state index contributed by atoms with van der Waals surface area (Å²) in [6.45, 7) is 0.570. The number of hydrogen-bond donors (Lipinski definition) is 1. The van der Waals surface area contributed by atoms with E-state index in [2.05, 4.69) is 15.5 Å². The fraction of sp³-hybridized carbons (Fsp3) is 0.0833. The highest BCUT2D eigenvalue weighted by molar-refractivity contribution is 6.31. The zero-order valence-corrected chi connectivity index (χ0v) is 9.65. The average molecular weight is 245 g/mol. The van der Waals surface area contributed by atoms with Crippen molar-refractivity contribution in [2.24, 2.45) is 0 Å². The van der Waals surface area contributed by atoms with Gasteiger partial charge in [0.2, 0.25) is 0 Å². The van der Waals surface area contributed by atoms with Crippen LogP contribution in [0.2, 0.25) is 5.02 Å². The Labute approximate surface area is 104 Å². The molecule has 0 spiro atoms. The van der Waals surface area contributed by atoms with Crippen LogP contribution in [0.5, 0.6) is 0 Å². The number of nitrogens with zero attached hydrogens (tertiary/aromatic N) is 3. The SMILES string of the molecule is N#Cc1ccc(NCc2ccccc2Cl)nn1. The lowest BCUT2D eigenvalue weighted by Crippen LogP contribution is -2.03. The van der Waals surface area contributed by atoms with Crippen LogP contribution in [0.3, 0.4) is 0 Å². The van der Waals surface area contributed by atoms with Crippen LogP contribution in [0.15, 0.2) is 36.4 Å². The molecule has 0 aliphatic rings. The molecule has 0 bridgehead atoms. The predicted molar refractivity (Wildman–Crippen MR) is 65.5 cm³/mol. The van der Waals surface area contributed by atoms with Gasteiger partial charge in [-0.15, -0.1) is 10.2 Å². The van der Waals surface area contributed by atoms with Gasteiger partial charge in [0.15, 0.2) is 5.69 Å².